The summed E-state index contributed by atoms with van der Waals surface area (Å²) in [5.74, 6) is -6.31. The molecule has 0 bridgehead atoms. The number of nitroso groups, excluding NO2 is 1. The average molecular weight is 817 g/mol. The van der Waals surface area contributed by atoms with E-state index in [1.54, 1.807) is 37.0 Å². The van der Waals surface area contributed by atoms with Crippen molar-refractivity contribution in [3.63, 3.8) is 0 Å². The minimum Gasteiger partial charge on any atom is -0.463 e. The lowest BCUT2D eigenvalue weighted by Crippen LogP contribution is -2.65. The molecule has 3 amide bonds. The van der Waals surface area contributed by atoms with Crippen LogP contribution in [0.5, 0.6) is 5.75 Å². The zero-order valence-electron chi connectivity index (χ0n) is 32.6. The standard InChI is InChI=1S/C39H42F6N8O5/c1-7-26-30(58-18-17-50(4)15-16-51(5)23(2)54)12-9-24(33(26)40)21-53-36(56)32(34(49-57)38(52(53)6)13-8-14-38)35(55)48-28-11-10-25(39(43,44)45)19-27(28)29-20-31(37(3,41)42)47-22-46-29/h9-12,17-20,22H,7-8,13-16,21H2,1-6H3,(H,48,55)/b18-17+. The molecule has 1 aromatic heterocycles. The lowest BCUT2D eigenvalue weighted by atomic mass is 9.71. The Morgan fingerprint density at radius 2 is 1.78 bits per heavy atom. The largest absolute Gasteiger partial charge is 0.463 e. The highest BCUT2D eigenvalue weighted by atomic mass is 19.4. The van der Waals surface area contributed by atoms with Gasteiger partial charge in [-0.05, 0) is 61.2 Å². The van der Waals surface area contributed by atoms with Gasteiger partial charge in [0.2, 0.25) is 5.91 Å². The molecule has 0 radical (unpaired) electrons. The zero-order chi connectivity index (χ0) is 42.7. The van der Waals surface area contributed by atoms with E-state index < -0.39 is 75.6 Å². The van der Waals surface area contributed by atoms with Crippen molar-refractivity contribution in [2.75, 3.05) is 39.5 Å². The van der Waals surface area contributed by atoms with Crippen molar-refractivity contribution >= 4 is 23.4 Å². The molecular formula is C39H42F6N8O5. The van der Waals surface area contributed by atoms with E-state index in [0.717, 1.165) is 23.5 Å². The molecule has 3 aromatic rings. The molecule has 310 valence electrons. The molecule has 2 aromatic carbocycles. The molecular weight excluding hydrogens is 774 g/mol. The predicted octanol–water partition coefficient (Wildman–Crippen LogP) is 7.01. The summed E-state index contributed by atoms with van der Waals surface area (Å²) in [6, 6.07) is 5.84. The van der Waals surface area contributed by atoms with Crippen molar-refractivity contribution in [2.45, 2.75) is 70.6 Å². The number of likely N-dealkylation sites (N-methyl/N-ethyl adjacent to an activating group) is 3. The number of rotatable bonds is 14. The molecule has 0 saturated heterocycles. The van der Waals surface area contributed by atoms with Gasteiger partial charge in [-0.1, -0.05) is 13.0 Å². The molecule has 58 heavy (non-hydrogen) atoms. The summed E-state index contributed by atoms with van der Waals surface area (Å²) in [4.78, 5) is 63.0. The van der Waals surface area contributed by atoms with Gasteiger partial charge in [-0.3, -0.25) is 19.4 Å². The topological polar surface area (TPSA) is 141 Å². The molecule has 1 fully saturated rings. The van der Waals surface area contributed by atoms with E-state index in [-0.39, 0.29) is 47.7 Å². The smallest absolute Gasteiger partial charge is 0.416 e. The van der Waals surface area contributed by atoms with Gasteiger partial charge < -0.3 is 19.9 Å². The van der Waals surface area contributed by atoms with Crippen LogP contribution in [-0.2, 0) is 39.4 Å². The third-order valence-corrected chi connectivity index (χ3v) is 10.4. The summed E-state index contributed by atoms with van der Waals surface area (Å²) in [5.41, 5.74) is -5.29. The normalized spacial score (nSPS) is 15.8. The number of benzene rings is 2. The predicted molar refractivity (Wildman–Crippen MR) is 200 cm³/mol. The number of anilines is 1. The molecule has 0 unspecified atom stereocenters. The SMILES string of the molecule is CCc1c(O/C=C/N(C)CCN(C)C(C)=O)ccc(CN2C(=O)C(C(=O)Nc3ccc(C(F)(F)F)cc3-c3cc(C(C)(F)F)ncn3)=C(N=O)C3(CCC3)N2C)c1F. The minimum absolute atomic E-state index is 0.0480. The second-order valence-electron chi connectivity index (χ2n) is 14.2. The van der Waals surface area contributed by atoms with Gasteiger partial charge in [0, 0.05) is 71.0 Å². The van der Waals surface area contributed by atoms with Crippen LogP contribution in [0.2, 0.25) is 0 Å². The number of nitrogens with one attached hydrogen (secondary N) is 1. The highest BCUT2D eigenvalue weighted by Crippen LogP contribution is 2.49. The van der Waals surface area contributed by atoms with E-state index in [2.05, 4.69) is 20.5 Å². The lowest BCUT2D eigenvalue weighted by Gasteiger charge is -2.54. The van der Waals surface area contributed by atoms with Crippen LogP contribution in [0.25, 0.3) is 11.3 Å². The van der Waals surface area contributed by atoms with E-state index >= 15 is 4.39 Å². The first-order valence-corrected chi connectivity index (χ1v) is 18.2. The van der Waals surface area contributed by atoms with Crippen LogP contribution in [0, 0.1) is 10.7 Å². The molecule has 5 rings (SSSR count). The van der Waals surface area contributed by atoms with Crippen LogP contribution in [-0.4, -0.2) is 87.3 Å². The average Bonchev–Trinajstić information content (AvgIpc) is 3.14. The van der Waals surface area contributed by atoms with Gasteiger partial charge in [0.15, 0.2) is 0 Å². The summed E-state index contributed by atoms with van der Waals surface area (Å²) >= 11 is 0. The third kappa shape index (κ3) is 8.83. The van der Waals surface area contributed by atoms with Crippen LogP contribution >= 0.6 is 0 Å². The van der Waals surface area contributed by atoms with Crippen molar-refractivity contribution in [3.05, 3.63) is 99.6 Å². The molecule has 1 saturated carbocycles. The van der Waals surface area contributed by atoms with Crippen molar-refractivity contribution in [2.24, 2.45) is 5.18 Å². The quantitative estimate of drug-likeness (QED) is 0.0788. The number of amides is 3. The monoisotopic (exact) mass is 816 g/mol. The lowest BCUT2D eigenvalue weighted by molar-refractivity contribution is -0.167. The summed E-state index contributed by atoms with van der Waals surface area (Å²) in [6.45, 7) is 4.29. The fourth-order valence-electron chi connectivity index (χ4n) is 6.66. The van der Waals surface area contributed by atoms with Gasteiger partial charge in [0.25, 0.3) is 17.7 Å². The Balaban J connectivity index is 1.46. The third-order valence-electron chi connectivity index (χ3n) is 10.4. The van der Waals surface area contributed by atoms with E-state index in [4.69, 9.17) is 4.74 Å². The molecule has 0 atom stereocenters. The zero-order valence-corrected chi connectivity index (χ0v) is 32.6. The summed E-state index contributed by atoms with van der Waals surface area (Å²) in [6.07, 6.45) is 0.204. The Morgan fingerprint density at radius 1 is 1.07 bits per heavy atom. The Morgan fingerprint density at radius 3 is 2.36 bits per heavy atom. The molecule has 1 spiro atoms. The van der Waals surface area contributed by atoms with E-state index in [9.17, 15) is 41.2 Å². The highest BCUT2D eigenvalue weighted by Gasteiger charge is 2.55. The Labute approximate surface area is 330 Å². The molecule has 13 nitrogen and oxygen atoms in total. The minimum atomic E-state index is -4.88. The molecule has 2 heterocycles. The number of ether oxygens (including phenoxy) is 1. The van der Waals surface area contributed by atoms with Gasteiger partial charge >= 0.3 is 6.18 Å². The fraction of sp³-hybridized carbons (Fsp3) is 0.410. The first-order chi connectivity index (χ1) is 27.2. The Bertz CT molecular complexity index is 2150. The number of halogens is 6. The number of carbonyl (C=O) groups excluding carboxylic acids is 3. The maximum absolute atomic E-state index is 16.2. The van der Waals surface area contributed by atoms with Gasteiger partial charge in [0.1, 0.15) is 41.1 Å². The number of alkyl halides is 5. The first-order valence-electron chi connectivity index (χ1n) is 18.2. The van der Waals surface area contributed by atoms with Gasteiger partial charge in [-0.2, -0.15) is 22.0 Å². The maximum Gasteiger partial charge on any atom is 0.416 e. The summed E-state index contributed by atoms with van der Waals surface area (Å²) in [5, 5.41) is 8.04. The molecule has 19 heteroatoms. The second-order valence-corrected chi connectivity index (χ2v) is 14.2. The molecule has 1 aliphatic carbocycles. The van der Waals surface area contributed by atoms with Crippen LogP contribution in [0.3, 0.4) is 0 Å². The van der Waals surface area contributed by atoms with Crippen molar-refractivity contribution in [1.29, 1.82) is 0 Å². The number of hydrogen-bond acceptors (Lipinski definition) is 10. The van der Waals surface area contributed by atoms with Gasteiger partial charge in [-0.25, -0.2) is 19.4 Å². The van der Waals surface area contributed by atoms with Crippen LogP contribution in [0.15, 0.2) is 71.6 Å². The number of carbonyl (C=O) groups is 3. The highest BCUT2D eigenvalue weighted by molar-refractivity contribution is 6.24. The van der Waals surface area contributed by atoms with Crippen molar-refractivity contribution < 1.29 is 45.5 Å². The molecule has 1 N–H and O–H groups in total. The van der Waals surface area contributed by atoms with Gasteiger partial charge in [0.05, 0.1) is 29.0 Å². The Kier molecular flexibility index (Phi) is 12.6. The summed E-state index contributed by atoms with van der Waals surface area (Å²) in [7, 11) is 4.96. The van der Waals surface area contributed by atoms with Crippen molar-refractivity contribution in [1.82, 2.24) is 29.8 Å². The van der Waals surface area contributed by atoms with Crippen LogP contribution in [0.4, 0.5) is 32.0 Å². The Hall–Kier alpha value is -5.85. The number of hydrazine groups is 1. The molecule has 2 aliphatic rings. The fourth-order valence-corrected chi connectivity index (χ4v) is 6.66. The van der Waals surface area contributed by atoms with E-state index in [1.165, 1.54) is 37.4 Å². The van der Waals surface area contributed by atoms with Gasteiger partial charge in [-0.15, -0.1) is 4.91 Å². The number of hydrogen-bond donors (Lipinski definition) is 1. The van der Waals surface area contributed by atoms with Crippen LogP contribution < -0.4 is 10.1 Å². The molecule has 1 aliphatic heterocycles. The second kappa shape index (κ2) is 16.9. The number of nitrogens with zero attached hydrogens (tertiary/aromatic N) is 7. The first kappa shape index (κ1) is 43.3. The van der Waals surface area contributed by atoms with Crippen molar-refractivity contribution in [3.8, 4) is 17.0 Å². The van der Waals surface area contributed by atoms with E-state index in [0.29, 0.717) is 38.6 Å². The van der Waals surface area contributed by atoms with E-state index in [1.807, 2.05) is 0 Å². The summed E-state index contributed by atoms with van der Waals surface area (Å²) < 4.78 is 91.8. The maximum atomic E-state index is 16.2. The number of aromatic nitrogens is 2. The van der Waals surface area contributed by atoms with Crippen LogP contribution in [0.1, 0.15) is 62.4 Å².